The number of rotatable bonds is 13. The summed E-state index contributed by atoms with van der Waals surface area (Å²) in [7, 11) is 10.3. The number of aryl methyl sites for hydroxylation is 2. The Hall–Kier alpha value is -12.9. The first-order valence-corrected chi connectivity index (χ1v) is 47.3. The standard InChI is InChI=1S/C25H25N7.C22H25BrN4O.C20H20BrN5.C18H18BrN3O.C10H16BN3O2.C6H15NO2.C2H4O2.H4N2/c1-15-11-20(31-30-15)18-7-5-6-8-19(18)23-29-21-12-16(17-13-27-24(26)28-14-17)9-10-22(21)32(23)25(2,3)4;1-14(26(5)6)24-21(28)17-10-8-7-9-16(17)20-25-18-13-15(23)11-12-19(18)27(20)22(2,3)4;1-12-22-18(25-24-12)14-7-5-6-8-15(14)19-23-16-11-13(21)9-10-17(16)26(19)20(2,3)4;1-18(2,3)22-15-9-8-11(19)10-14(15)21-17(22)13-7-5-4-6-12(13)16(20)23;1-9(2)10(3,4)16-11(15-9)7-5-13-8(12)14-6-7;1-6(8-4,9-5)7(2)3;1-2(3)4;1-2/h5-14H,1-4H3,(H,30,31)(H2,26,27,28);7-13H,1-6H3;5-11H,1-4H3,(H,22,24,25);4-10H,1-3H3,(H2,20,23);5-6H,1-4H3,(H2,12,13,14);1-5H3;1H3,(H,3,4);1-2H2. The van der Waals surface area contributed by atoms with Crippen LogP contribution < -0.4 is 34.3 Å². The van der Waals surface area contributed by atoms with Gasteiger partial charge in [0.1, 0.15) is 35.0 Å². The molecule has 140 heavy (non-hydrogen) atoms. The molecule has 0 spiro atoms. The first-order chi connectivity index (χ1) is 65.6. The Bertz CT molecular complexity index is 7050. The van der Waals surface area contributed by atoms with Crippen molar-refractivity contribution in [2.24, 2.45) is 22.4 Å². The second-order valence-corrected chi connectivity index (χ2v) is 41.2. The number of imidazole rings is 4. The van der Waals surface area contributed by atoms with E-state index in [0.717, 1.165) is 155 Å². The van der Waals surface area contributed by atoms with Crippen LogP contribution in [-0.2, 0) is 45.7 Å². The van der Waals surface area contributed by atoms with Crippen LogP contribution in [0.15, 0.2) is 219 Å². The largest absolute Gasteiger partial charge is 0.498 e. The van der Waals surface area contributed by atoms with E-state index in [1.54, 1.807) is 45.1 Å². The zero-order valence-corrected chi connectivity index (χ0v) is 89.3. The van der Waals surface area contributed by atoms with Crippen molar-refractivity contribution < 1.29 is 38.3 Å². The zero-order valence-electron chi connectivity index (χ0n) is 84.5. The number of nitrogens with two attached hydrogens (primary N) is 5. The van der Waals surface area contributed by atoms with Gasteiger partial charge in [-0.2, -0.15) is 15.2 Å². The highest BCUT2D eigenvalue weighted by molar-refractivity contribution is 9.11. The number of carboxylic acids is 1. The lowest BCUT2D eigenvalue weighted by molar-refractivity contribution is -0.270. The summed E-state index contributed by atoms with van der Waals surface area (Å²) in [5.41, 5.74) is 34.3. The number of methoxy groups -OCH3 is 2. The molecule has 33 nitrogen and oxygen atoms in total. The lowest BCUT2D eigenvalue weighted by Gasteiger charge is -2.32. The number of benzene rings is 8. The molecule has 736 valence electrons. The van der Waals surface area contributed by atoms with Gasteiger partial charge >= 0.3 is 7.12 Å². The number of hydrogen-bond donors (Lipinski definition) is 8. The number of hydrogen-bond acceptors (Lipinski definition) is 23. The van der Waals surface area contributed by atoms with Crippen LogP contribution >= 0.6 is 47.8 Å². The van der Waals surface area contributed by atoms with E-state index in [2.05, 4.69) is 278 Å². The molecule has 2 amide bonds. The Morgan fingerprint density at radius 3 is 1.17 bits per heavy atom. The molecule has 0 saturated carbocycles. The summed E-state index contributed by atoms with van der Waals surface area (Å²) in [6, 6.07) is 57.9. The SMILES string of the molecule is CC(=NC(=O)c1ccccc1-c1nc2cc(Br)ccc2n1C(C)(C)C)N(C)C.CC(=O)O.CC(C)(C)n1c(-c2ccccc2C(N)=O)nc2cc(Br)ccc21.CC1(C)OB(c2cnc(N)nc2)OC1(C)C.COC(C)(OC)N(C)C.Cc1cc(-c2ccccc2-c2nc3cc(-c4cnc(N)nc4)ccc3n2C(C)(C)C)n[nH]1.Cc1nc(-c2ccccc2-c2nc3cc(Br)ccc3n2C(C)(C)C)n[nH]1.NN. The van der Waals surface area contributed by atoms with Gasteiger partial charge in [0.15, 0.2) is 5.82 Å². The molecule has 13 N–H and O–H groups in total. The summed E-state index contributed by atoms with van der Waals surface area (Å²) in [5.74, 6) is 11.9. The van der Waals surface area contributed by atoms with Gasteiger partial charge in [-0.15, -0.1) is 0 Å². The minimum atomic E-state index is -0.833. The molecule has 1 aliphatic rings. The minimum Gasteiger partial charge on any atom is -0.481 e. The maximum Gasteiger partial charge on any atom is 0.498 e. The summed E-state index contributed by atoms with van der Waals surface area (Å²) in [6.07, 6.45) is 6.73. The molecule has 1 aliphatic heterocycles. The summed E-state index contributed by atoms with van der Waals surface area (Å²) in [4.78, 5) is 82.0. The molecule has 8 aromatic carbocycles. The van der Waals surface area contributed by atoms with Gasteiger partial charge < -0.3 is 64.3 Å². The van der Waals surface area contributed by atoms with E-state index in [-0.39, 0.29) is 51.2 Å². The molecular formula is C103H127BBr3N25O8. The molecule has 17 rings (SSSR count). The predicted molar refractivity (Wildman–Crippen MR) is 571 cm³/mol. The Labute approximate surface area is 842 Å². The van der Waals surface area contributed by atoms with Gasteiger partial charge in [-0.05, 0) is 236 Å². The summed E-state index contributed by atoms with van der Waals surface area (Å²) < 4.78 is 33.7. The van der Waals surface area contributed by atoms with Crippen LogP contribution in [0.2, 0.25) is 0 Å². The number of carboxylic acid groups (broad SMARTS) is 1. The zero-order chi connectivity index (χ0) is 103. The molecule has 0 bridgehead atoms. The lowest BCUT2D eigenvalue weighted by Crippen LogP contribution is -2.44. The fourth-order valence-electron chi connectivity index (χ4n) is 15.1. The van der Waals surface area contributed by atoms with Crippen molar-refractivity contribution in [2.75, 3.05) is 53.9 Å². The van der Waals surface area contributed by atoms with Gasteiger partial charge in [0.2, 0.25) is 23.7 Å². The fraction of sp³-hybridized carbons (Fsp3) is 0.330. The molecule has 0 unspecified atom stereocenters. The number of fused-ring (bicyclic) bond motifs is 4. The van der Waals surface area contributed by atoms with Crippen LogP contribution in [0.1, 0.15) is 164 Å². The van der Waals surface area contributed by atoms with Gasteiger partial charge in [-0.1, -0.05) is 139 Å². The molecule has 0 atom stereocenters. The third-order valence-corrected chi connectivity index (χ3v) is 24.4. The molecular weight excluding hydrogens is 1970 g/mol. The van der Waals surface area contributed by atoms with Crippen molar-refractivity contribution >= 4 is 140 Å². The smallest absolute Gasteiger partial charge is 0.481 e. The van der Waals surface area contributed by atoms with Gasteiger partial charge in [-0.3, -0.25) is 41.2 Å². The number of carbonyl (C=O) groups is 3. The Morgan fingerprint density at radius 1 is 0.464 bits per heavy atom. The van der Waals surface area contributed by atoms with Crippen molar-refractivity contribution in [3.05, 3.63) is 237 Å². The number of amides is 2. The fourth-order valence-corrected chi connectivity index (χ4v) is 16.1. The van der Waals surface area contributed by atoms with E-state index in [0.29, 0.717) is 22.8 Å². The minimum absolute atomic E-state index is 0.125. The first-order valence-electron chi connectivity index (χ1n) is 44.9. The molecule has 37 heteroatoms. The van der Waals surface area contributed by atoms with E-state index in [4.69, 9.17) is 65.8 Å². The second kappa shape index (κ2) is 45.1. The summed E-state index contributed by atoms with van der Waals surface area (Å²) in [5, 5.41) is 22.2. The van der Waals surface area contributed by atoms with E-state index < -0.39 is 24.9 Å². The average Bonchev–Trinajstić information content (AvgIpc) is 1.64. The van der Waals surface area contributed by atoms with Crippen LogP contribution in [0.4, 0.5) is 11.9 Å². The van der Waals surface area contributed by atoms with E-state index >= 15 is 0 Å². The number of carbonyl (C=O) groups excluding carboxylic acids is 2. The Kier molecular flexibility index (Phi) is 35.1. The number of anilines is 2. The number of primary amides is 1. The van der Waals surface area contributed by atoms with Crippen LogP contribution in [0, 0.1) is 13.8 Å². The number of halogens is 3. The number of H-pyrrole nitrogens is 2. The highest BCUT2D eigenvalue weighted by atomic mass is 79.9. The molecule has 16 aromatic rings. The number of aromatic nitrogens is 17. The van der Waals surface area contributed by atoms with E-state index in [9.17, 15) is 9.59 Å². The molecule has 1 saturated heterocycles. The topological polar surface area (TPSA) is 450 Å². The normalized spacial score (nSPS) is 13.0. The van der Waals surface area contributed by atoms with E-state index in [1.165, 1.54) is 0 Å². The maximum absolute atomic E-state index is 12.9. The number of nitrogen functional groups attached to an aromatic ring is 2. The van der Waals surface area contributed by atoms with Crippen molar-refractivity contribution in [3.63, 3.8) is 0 Å². The molecule has 0 aliphatic carbocycles. The van der Waals surface area contributed by atoms with Gasteiger partial charge in [-0.25, -0.2) is 44.9 Å². The predicted octanol–water partition coefficient (Wildman–Crippen LogP) is 20.0. The monoisotopic (exact) mass is 2090 g/mol. The highest BCUT2D eigenvalue weighted by Gasteiger charge is 2.52. The number of amidine groups is 1. The number of nitrogens with one attached hydrogen (secondary N) is 2. The lowest BCUT2D eigenvalue weighted by atomic mass is 9.81. The molecule has 0 radical (unpaired) electrons. The van der Waals surface area contributed by atoms with Crippen LogP contribution in [0.25, 0.3) is 123 Å². The van der Waals surface area contributed by atoms with Gasteiger partial charge in [0.05, 0.1) is 72.2 Å². The number of ether oxygens (including phenoxy) is 2. The average molecular weight is 2090 g/mol. The molecule has 9 heterocycles. The Morgan fingerprint density at radius 2 is 0.814 bits per heavy atom. The summed E-state index contributed by atoms with van der Waals surface area (Å²) in [6.45, 7) is 42.6. The summed E-state index contributed by atoms with van der Waals surface area (Å²) >= 11 is 10.6. The van der Waals surface area contributed by atoms with Crippen molar-refractivity contribution in [3.8, 4) is 79.3 Å². The number of hydrazine groups is 1. The van der Waals surface area contributed by atoms with Crippen molar-refractivity contribution in [2.45, 2.75) is 185 Å². The highest BCUT2D eigenvalue weighted by Crippen LogP contribution is 2.43. The third kappa shape index (κ3) is 26.0. The van der Waals surface area contributed by atoms with Gasteiger partial charge in [0.25, 0.3) is 11.9 Å². The van der Waals surface area contributed by atoms with Crippen molar-refractivity contribution in [1.29, 1.82) is 0 Å². The number of aliphatic imine (C=N–C) groups is 1. The quantitative estimate of drug-likeness (QED) is 0.0133. The van der Waals surface area contributed by atoms with E-state index in [1.807, 2.05) is 197 Å². The molecule has 1 fully saturated rings. The van der Waals surface area contributed by atoms with Crippen molar-refractivity contribution in [1.82, 2.24) is 93.3 Å². The molecule has 8 aromatic heterocycles. The van der Waals surface area contributed by atoms with Gasteiger partial charge in [0, 0.05) is 153 Å². The number of nitrogens with zero attached hydrogens (tertiary/aromatic N) is 18. The Balaban J connectivity index is 0.000000176. The van der Waals surface area contributed by atoms with Crippen LogP contribution in [0.3, 0.4) is 0 Å². The second-order valence-electron chi connectivity index (χ2n) is 38.5. The third-order valence-electron chi connectivity index (χ3n) is 22.9. The first kappa shape index (κ1) is 109. The number of aromatic amines is 2. The van der Waals surface area contributed by atoms with Crippen LogP contribution in [-0.4, -0.2) is 189 Å². The van der Waals surface area contributed by atoms with Crippen LogP contribution in [0.5, 0.6) is 0 Å². The number of aliphatic carboxylic acids is 1. The maximum atomic E-state index is 12.9.